The van der Waals surface area contributed by atoms with Gasteiger partial charge in [0, 0.05) is 30.3 Å². The zero-order valence-electron chi connectivity index (χ0n) is 9.69. The van der Waals surface area contributed by atoms with Crippen LogP contribution in [-0.4, -0.2) is 28.0 Å². The summed E-state index contributed by atoms with van der Waals surface area (Å²) >= 11 is 3.36. The van der Waals surface area contributed by atoms with Crippen molar-refractivity contribution in [3.63, 3.8) is 0 Å². The minimum Gasteiger partial charge on any atom is -0.345 e. The first-order chi connectivity index (χ1) is 8.13. The second kappa shape index (κ2) is 4.92. The number of hydrogen-bond acceptors (Lipinski definition) is 2. The minimum absolute atomic E-state index is 0.0240. The first-order valence-electron chi connectivity index (χ1n) is 5.63. The Balaban J connectivity index is 2.16. The predicted molar refractivity (Wildman–Crippen MR) is 67.4 cm³/mol. The Bertz CT molecular complexity index is 471. The Hall–Kier alpha value is -1.28. The van der Waals surface area contributed by atoms with Gasteiger partial charge in [0.15, 0.2) is 0 Å². The summed E-state index contributed by atoms with van der Waals surface area (Å²) < 4.78 is 2.72. The largest absolute Gasteiger partial charge is 0.345 e. The molecule has 0 saturated heterocycles. The summed E-state index contributed by atoms with van der Waals surface area (Å²) in [6.45, 7) is 0.531. The Morgan fingerprint density at radius 2 is 2.41 bits per heavy atom. The molecule has 1 heterocycles. The molecular formula is C12H14BrN3O. The van der Waals surface area contributed by atoms with E-state index in [4.69, 9.17) is 5.26 Å². The van der Waals surface area contributed by atoms with Crippen LogP contribution in [0.25, 0.3) is 0 Å². The summed E-state index contributed by atoms with van der Waals surface area (Å²) in [5, 5.41) is 8.63. The molecule has 0 unspecified atom stereocenters. The number of halogens is 1. The molecule has 0 spiro atoms. The number of aromatic nitrogens is 1. The normalized spacial score (nSPS) is 14.4. The van der Waals surface area contributed by atoms with Crippen LogP contribution in [0.15, 0.2) is 16.7 Å². The third kappa shape index (κ3) is 2.70. The fraction of sp³-hybridized carbons (Fsp3) is 0.500. The van der Waals surface area contributed by atoms with E-state index in [-0.39, 0.29) is 5.91 Å². The number of carbonyl (C=O) groups is 1. The van der Waals surface area contributed by atoms with Crippen LogP contribution in [0.3, 0.4) is 0 Å². The molecule has 0 radical (unpaired) electrons. The highest BCUT2D eigenvalue weighted by Gasteiger charge is 2.33. The molecule has 90 valence electrons. The van der Waals surface area contributed by atoms with Gasteiger partial charge >= 0.3 is 0 Å². The van der Waals surface area contributed by atoms with Gasteiger partial charge in [0.2, 0.25) is 0 Å². The van der Waals surface area contributed by atoms with E-state index in [0.717, 1.165) is 17.3 Å². The van der Waals surface area contributed by atoms with E-state index < -0.39 is 0 Å². The third-order valence-electron chi connectivity index (χ3n) is 2.90. The predicted octanol–water partition coefficient (Wildman–Crippen LogP) is 2.31. The van der Waals surface area contributed by atoms with Gasteiger partial charge in [-0.3, -0.25) is 4.79 Å². The molecule has 0 bridgehead atoms. The van der Waals surface area contributed by atoms with Crippen molar-refractivity contribution in [1.82, 2.24) is 9.47 Å². The van der Waals surface area contributed by atoms with Crippen LogP contribution in [0.2, 0.25) is 0 Å². The van der Waals surface area contributed by atoms with Crippen molar-refractivity contribution < 1.29 is 4.79 Å². The topological polar surface area (TPSA) is 49.0 Å². The zero-order valence-corrected chi connectivity index (χ0v) is 11.3. The summed E-state index contributed by atoms with van der Waals surface area (Å²) in [6, 6.07) is 4.26. The summed E-state index contributed by atoms with van der Waals surface area (Å²) in [6.07, 6.45) is 4.38. The SMILES string of the molecule is Cn1cc(Br)cc1C(=O)N(CCC#N)C1CC1. The highest BCUT2D eigenvalue weighted by atomic mass is 79.9. The van der Waals surface area contributed by atoms with Crippen LogP contribution in [0, 0.1) is 11.3 Å². The van der Waals surface area contributed by atoms with Crippen molar-refractivity contribution in [2.24, 2.45) is 7.05 Å². The second-order valence-electron chi connectivity index (χ2n) is 4.29. The van der Waals surface area contributed by atoms with E-state index >= 15 is 0 Å². The molecule has 1 aromatic heterocycles. The Kier molecular flexibility index (Phi) is 3.53. The lowest BCUT2D eigenvalue weighted by Gasteiger charge is -2.21. The summed E-state index contributed by atoms with van der Waals surface area (Å²) in [4.78, 5) is 14.2. The highest BCUT2D eigenvalue weighted by molar-refractivity contribution is 9.10. The molecule has 1 fully saturated rings. The molecule has 4 nitrogen and oxygen atoms in total. The average molecular weight is 296 g/mol. The molecule has 0 aliphatic heterocycles. The third-order valence-corrected chi connectivity index (χ3v) is 3.34. The molecule has 1 aliphatic carbocycles. The smallest absolute Gasteiger partial charge is 0.270 e. The van der Waals surface area contributed by atoms with Gasteiger partial charge in [-0.25, -0.2) is 0 Å². The van der Waals surface area contributed by atoms with Gasteiger partial charge in [0.25, 0.3) is 5.91 Å². The number of nitriles is 1. The van der Waals surface area contributed by atoms with E-state index in [1.54, 1.807) is 0 Å². The maximum atomic E-state index is 12.3. The summed E-state index contributed by atoms with van der Waals surface area (Å²) in [5.41, 5.74) is 0.668. The number of hydrogen-bond donors (Lipinski definition) is 0. The zero-order chi connectivity index (χ0) is 12.4. The van der Waals surface area contributed by atoms with Gasteiger partial charge in [-0.2, -0.15) is 5.26 Å². The lowest BCUT2D eigenvalue weighted by atomic mass is 10.3. The lowest BCUT2D eigenvalue weighted by Crippen LogP contribution is -2.34. The molecule has 1 amide bonds. The highest BCUT2D eigenvalue weighted by Crippen LogP contribution is 2.29. The summed E-state index contributed by atoms with van der Waals surface area (Å²) in [7, 11) is 1.85. The second-order valence-corrected chi connectivity index (χ2v) is 5.21. The van der Waals surface area contributed by atoms with Gasteiger partial charge in [0.1, 0.15) is 5.69 Å². The van der Waals surface area contributed by atoms with Gasteiger partial charge in [-0.05, 0) is 34.8 Å². The van der Waals surface area contributed by atoms with E-state index in [1.807, 2.05) is 28.8 Å². The molecule has 17 heavy (non-hydrogen) atoms. The van der Waals surface area contributed by atoms with Crippen molar-refractivity contribution in [3.05, 3.63) is 22.4 Å². The van der Waals surface area contributed by atoms with Crippen molar-refractivity contribution in [2.75, 3.05) is 6.54 Å². The fourth-order valence-electron chi connectivity index (χ4n) is 1.89. The molecule has 1 saturated carbocycles. The molecule has 1 aromatic rings. The van der Waals surface area contributed by atoms with Crippen molar-refractivity contribution in [3.8, 4) is 6.07 Å². The molecular weight excluding hydrogens is 282 g/mol. The number of nitrogens with zero attached hydrogens (tertiary/aromatic N) is 3. The Morgan fingerprint density at radius 3 is 2.88 bits per heavy atom. The standard InChI is InChI=1S/C12H14BrN3O/c1-15-8-9(13)7-11(15)12(17)16(6-2-5-14)10-3-4-10/h7-8,10H,2-4,6H2,1H3. The Labute approximate surface area is 109 Å². The first-order valence-corrected chi connectivity index (χ1v) is 6.42. The number of aryl methyl sites for hydroxylation is 1. The maximum absolute atomic E-state index is 12.3. The van der Waals surface area contributed by atoms with Crippen LogP contribution >= 0.6 is 15.9 Å². The lowest BCUT2D eigenvalue weighted by molar-refractivity contribution is 0.0737. The van der Waals surface area contributed by atoms with Gasteiger partial charge in [0.05, 0.1) is 12.5 Å². The van der Waals surface area contributed by atoms with Gasteiger partial charge in [-0.15, -0.1) is 0 Å². The fourth-order valence-corrected chi connectivity index (χ4v) is 2.41. The molecule has 5 heteroatoms. The average Bonchev–Trinajstić information content (AvgIpc) is 3.05. The van der Waals surface area contributed by atoms with Gasteiger partial charge < -0.3 is 9.47 Å². The van der Waals surface area contributed by atoms with Crippen molar-refractivity contribution >= 4 is 21.8 Å². The Morgan fingerprint density at radius 1 is 1.71 bits per heavy atom. The van der Waals surface area contributed by atoms with E-state index in [0.29, 0.717) is 24.7 Å². The molecule has 0 atom stereocenters. The number of carbonyl (C=O) groups excluding carboxylic acids is 1. The molecule has 2 rings (SSSR count). The maximum Gasteiger partial charge on any atom is 0.270 e. The molecule has 0 N–H and O–H groups in total. The van der Waals surface area contributed by atoms with Crippen molar-refractivity contribution in [1.29, 1.82) is 5.26 Å². The van der Waals surface area contributed by atoms with Crippen LogP contribution < -0.4 is 0 Å². The minimum atomic E-state index is 0.0240. The molecule has 0 aromatic carbocycles. The number of amides is 1. The monoisotopic (exact) mass is 295 g/mol. The van der Waals surface area contributed by atoms with E-state index in [9.17, 15) is 4.79 Å². The van der Waals surface area contributed by atoms with Crippen LogP contribution in [-0.2, 0) is 7.05 Å². The van der Waals surface area contributed by atoms with Crippen molar-refractivity contribution in [2.45, 2.75) is 25.3 Å². The molecule has 1 aliphatic rings. The van der Waals surface area contributed by atoms with Crippen LogP contribution in [0.5, 0.6) is 0 Å². The quantitative estimate of drug-likeness (QED) is 0.856. The van der Waals surface area contributed by atoms with Gasteiger partial charge in [-0.1, -0.05) is 0 Å². The first kappa shape index (κ1) is 12.2. The van der Waals surface area contributed by atoms with Crippen LogP contribution in [0.1, 0.15) is 29.8 Å². The van der Waals surface area contributed by atoms with Crippen LogP contribution in [0.4, 0.5) is 0 Å². The van der Waals surface area contributed by atoms with E-state index in [1.165, 1.54) is 0 Å². The van der Waals surface area contributed by atoms with E-state index in [2.05, 4.69) is 22.0 Å². The number of rotatable bonds is 4. The summed E-state index contributed by atoms with van der Waals surface area (Å²) in [5.74, 6) is 0.0240.